The van der Waals surface area contributed by atoms with E-state index in [0.717, 1.165) is 0 Å². The minimum atomic E-state index is -0.157. The second-order valence-corrected chi connectivity index (χ2v) is 7.45. The van der Waals surface area contributed by atoms with Gasteiger partial charge in [-0.05, 0) is 36.0 Å². The van der Waals surface area contributed by atoms with Crippen LogP contribution < -0.4 is 0 Å². The molecule has 108 valence electrons. The average Bonchev–Trinajstić information content (AvgIpc) is 2.47. The Bertz CT molecular complexity index is 415. The van der Waals surface area contributed by atoms with Crippen molar-refractivity contribution in [3.8, 4) is 0 Å². The first kappa shape index (κ1) is 14.6. The van der Waals surface area contributed by atoms with E-state index in [4.69, 9.17) is 4.74 Å². The van der Waals surface area contributed by atoms with Crippen LogP contribution in [0.5, 0.6) is 0 Å². The third kappa shape index (κ3) is 2.23. The van der Waals surface area contributed by atoms with E-state index in [1.54, 1.807) is 11.1 Å². The van der Waals surface area contributed by atoms with Gasteiger partial charge in [0.2, 0.25) is 0 Å². The van der Waals surface area contributed by atoms with Crippen molar-refractivity contribution in [2.24, 2.45) is 22.7 Å². The quantitative estimate of drug-likeness (QED) is 0.547. The van der Waals surface area contributed by atoms with Crippen LogP contribution in [0.25, 0.3) is 0 Å². The number of carbonyl (C=O) groups excluding carboxylic acids is 1. The zero-order valence-electron chi connectivity index (χ0n) is 13.3. The van der Waals surface area contributed by atoms with Gasteiger partial charge in [0.05, 0.1) is 6.61 Å². The zero-order chi connectivity index (χ0) is 14.4. The van der Waals surface area contributed by atoms with Gasteiger partial charge in [-0.3, -0.25) is 4.79 Å². The molecule has 0 aromatic carbocycles. The SMILES string of the molecule is CC(=O)OCC1CCCC2=C1C(C)(C)C(C)C2(C)C. The summed E-state index contributed by atoms with van der Waals surface area (Å²) in [6.07, 6.45) is 3.63. The van der Waals surface area contributed by atoms with Crippen molar-refractivity contribution in [3.05, 3.63) is 11.1 Å². The molecule has 19 heavy (non-hydrogen) atoms. The van der Waals surface area contributed by atoms with E-state index in [9.17, 15) is 4.79 Å². The standard InChI is InChI=1S/C17H28O2/c1-11-16(3,4)14-9-7-8-13(10-19-12(2)18)15(14)17(11,5)6/h11,13H,7-10H2,1-6H3. The number of esters is 1. The molecule has 0 bridgehead atoms. The summed E-state index contributed by atoms with van der Waals surface area (Å²) < 4.78 is 5.31. The molecule has 0 aromatic heterocycles. The Labute approximate surface area is 117 Å². The van der Waals surface area contributed by atoms with E-state index in [1.807, 2.05) is 0 Å². The highest BCUT2D eigenvalue weighted by Gasteiger charge is 2.52. The molecule has 2 atom stereocenters. The second-order valence-electron chi connectivity index (χ2n) is 7.45. The van der Waals surface area contributed by atoms with Gasteiger partial charge in [0, 0.05) is 12.8 Å². The summed E-state index contributed by atoms with van der Waals surface area (Å²) in [7, 11) is 0. The zero-order valence-corrected chi connectivity index (χ0v) is 13.3. The minimum Gasteiger partial charge on any atom is -0.465 e. The molecule has 0 amide bonds. The number of hydrogen-bond donors (Lipinski definition) is 0. The van der Waals surface area contributed by atoms with Crippen LogP contribution in [0.15, 0.2) is 11.1 Å². The Hall–Kier alpha value is -0.790. The molecular formula is C17H28O2. The van der Waals surface area contributed by atoms with Gasteiger partial charge in [-0.2, -0.15) is 0 Å². The van der Waals surface area contributed by atoms with Gasteiger partial charge in [0.1, 0.15) is 0 Å². The predicted molar refractivity (Wildman–Crippen MR) is 77.7 cm³/mol. The topological polar surface area (TPSA) is 26.3 Å². The van der Waals surface area contributed by atoms with E-state index in [0.29, 0.717) is 18.4 Å². The van der Waals surface area contributed by atoms with Gasteiger partial charge in [-0.25, -0.2) is 0 Å². The molecule has 0 aromatic rings. The van der Waals surface area contributed by atoms with Crippen LogP contribution in [0, 0.1) is 22.7 Å². The van der Waals surface area contributed by atoms with Crippen molar-refractivity contribution in [3.63, 3.8) is 0 Å². The summed E-state index contributed by atoms with van der Waals surface area (Å²) >= 11 is 0. The molecule has 0 N–H and O–H groups in total. The normalized spacial score (nSPS) is 32.1. The number of hydrogen-bond acceptors (Lipinski definition) is 2. The fourth-order valence-corrected chi connectivity index (χ4v) is 4.42. The van der Waals surface area contributed by atoms with Crippen LogP contribution in [0.3, 0.4) is 0 Å². The lowest BCUT2D eigenvalue weighted by Gasteiger charge is -2.36. The molecule has 0 saturated carbocycles. The molecule has 2 aliphatic carbocycles. The molecule has 0 fully saturated rings. The Morgan fingerprint density at radius 1 is 1.26 bits per heavy atom. The maximum absolute atomic E-state index is 11.1. The Kier molecular flexibility index (Phi) is 3.57. The van der Waals surface area contributed by atoms with E-state index < -0.39 is 0 Å². The lowest BCUT2D eigenvalue weighted by molar-refractivity contribution is -0.142. The van der Waals surface area contributed by atoms with Crippen LogP contribution in [-0.2, 0) is 9.53 Å². The lowest BCUT2D eigenvalue weighted by atomic mass is 9.68. The highest BCUT2D eigenvalue weighted by molar-refractivity contribution is 5.65. The van der Waals surface area contributed by atoms with Crippen LogP contribution in [0.2, 0.25) is 0 Å². The summed E-state index contributed by atoms with van der Waals surface area (Å²) in [4.78, 5) is 11.1. The van der Waals surface area contributed by atoms with Crippen molar-refractivity contribution in [2.45, 2.75) is 60.8 Å². The molecule has 2 unspecified atom stereocenters. The fourth-order valence-electron chi connectivity index (χ4n) is 4.42. The van der Waals surface area contributed by atoms with Gasteiger partial charge in [-0.15, -0.1) is 0 Å². The Balaban J connectivity index is 2.35. The maximum Gasteiger partial charge on any atom is 0.302 e. The number of allylic oxidation sites excluding steroid dienone is 1. The third-order valence-corrected chi connectivity index (χ3v) is 5.84. The molecule has 0 radical (unpaired) electrons. The fraction of sp³-hybridized carbons (Fsp3) is 0.824. The van der Waals surface area contributed by atoms with Gasteiger partial charge in [0.15, 0.2) is 0 Å². The smallest absolute Gasteiger partial charge is 0.302 e. The van der Waals surface area contributed by atoms with Gasteiger partial charge >= 0.3 is 5.97 Å². The molecule has 0 saturated heterocycles. The van der Waals surface area contributed by atoms with Crippen LogP contribution >= 0.6 is 0 Å². The predicted octanol–water partition coefficient (Wildman–Crippen LogP) is 4.35. The van der Waals surface area contributed by atoms with Crippen molar-refractivity contribution in [1.29, 1.82) is 0 Å². The molecular weight excluding hydrogens is 236 g/mol. The highest BCUT2D eigenvalue weighted by atomic mass is 16.5. The maximum atomic E-state index is 11.1. The van der Waals surface area contributed by atoms with Crippen molar-refractivity contribution >= 4 is 5.97 Å². The van der Waals surface area contributed by atoms with Crippen LogP contribution in [-0.4, -0.2) is 12.6 Å². The van der Waals surface area contributed by atoms with E-state index in [1.165, 1.54) is 26.2 Å². The van der Waals surface area contributed by atoms with Gasteiger partial charge in [-0.1, -0.05) is 45.8 Å². The van der Waals surface area contributed by atoms with Gasteiger partial charge in [0.25, 0.3) is 0 Å². The van der Waals surface area contributed by atoms with Crippen LogP contribution in [0.1, 0.15) is 60.8 Å². The minimum absolute atomic E-state index is 0.157. The second kappa shape index (κ2) is 4.64. The molecule has 2 rings (SSSR count). The van der Waals surface area contributed by atoms with Gasteiger partial charge < -0.3 is 4.74 Å². The molecule has 0 aliphatic heterocycles. The molecule has 2 heteroatoms. The third-order valence-electron chi connectivity index (χ3n) is 5.84. The van der Waals surface area contributed by atoms with Crippen molar-refractivity contribution in [2.75, 3.05) is 6.61 Å². The van der Waals surface area contributed by atoms with Crippen molar-refractivity contribution < 1.29 is 9.53 Å². The molecule has 2 aliphatic rings. The first-order valence-corrected chi connectivity index (χ1v) is 7.56. The molecule has 0 spiro atoms. The van der Waals surface area contributed by atoms with E-state index in [2.05, 4.69) is 34.6 Å². The summed E-state index contributed by atoms with van der Waals surface area (Å²) in [5, 5.41) is 0. The summed E-state index contributed by atoms with van der Waals surface area (Å²) in [6, 6.07) is 0. The van der Waals surface area contributed by atoms with E-state index in [-0.39, 0.29) is 16.8 Å². The average molecular weight is 264 g/mol. The summed E-state index contributed by atoms with van der Waals surface area (Å²) in [6.45, 7) is 14.0. The monoisotopic (exact) mass is 264 g/mol. The summed E-state index contributed by atoms with van der Waals surface area (Å²) in [5.74, 6) is 0.922. The number of ether oxygens (including phenoxy) is 1. The number of carbonyl (C=O) groups is 1. The summed E-state index contributed by atoms with van der Waals surface area (Å²) in [5.41, 5.74) is 3.75. The first-order chi connectivity index (χ1) is 8.69. The highest BCUT2D eigenvalue weighted by Crippen LogP contribution is 2.62. The van der Waals surface area contributed by atoms with E-state index >= 15 is 0 Å². The lowest BCUT2D eigenvalue weighted by Crippen LogP contribution is -2.30. The first-order valence-electron chi connectivity index (χ1n) is 7.56. The Morgan fingerprint density at radius 2 is 1.89 bits per heavy atom. The van der Waals surface area contributed by atoms with Crippen LogP contribution in [0.4, 0.5) is 0 Å². The largest absolute Gasteiger partial charge is 0.465 e. The molecule has 2 nitrogen and oxygen atoms in total. The Morgan fingerprint density at radius 3 is 2.47 bits per heavy atom. The van der Waals surface area contributed by atoms with Crippen molar-refractivity contribution in [1.82, 2.24) is 0 Å². The number of rotatable bonds is 2. The molecule has 0 heterocycles.